The Morgan fingerprint density at radius 2 is 1.89 bits per heavy atom. The third-order valence-electron chi connectivity index (χ3n) is 6.89. The van der Waals surface area contributed by atoms with Crippen LogP contribution >= 0.6 is 11.8 Å². The third kappa shape index (κ3) is 5.55. The van der Waals surface area contributed by atoms with Crippen LogP contribution in [-0.2, 0) is 0 Å². The average molecular weight is 511 g/mol. The summed E-state index contributed by atoms with van der Waals surface area (Å²) in [5, 5.41) is 11.8. The number of aromatic amines is 1. The van der Waals surface area contributed by atoms with Gasteiger partial charge in [0.05, 0.1) is 34.4 Å². The number of pyridine rings is 1. The van der Waals surface area contributed by atoms with Gasteiger partial charge in [-0.3, -0.25) is 14.9 Å². The number of hydrogen-bond acceptors (Lipinski definition) is 6. The average Bonchev–Trinajstić information content (AvgIpc) is 3.65. The van der Waals surface area contributed by atoms with Crippen LogP contribution in [0, 0.1) is 0 Å². The summed E-state index contributed by atoms with van der Waals surface area (Å²) in [4.78, 5) is 24.0. The monoisotopic (exact) mass is 510 g/mol. The number of anilines is 1. The van der Waals surface area contributed by atoms with E-state index >= 15 is 0 Å². The van der Waals surface area contributed by atoms with Crippen molar-refractivity contribution < 1.29 is 4.79 Å². The fourth-order valence-corrected chi connectivity index (χ4v) is 5.47. The van der Waals surface area contributed by atoms with Crippen LogP contribution < -0.4 is 10.2 Å². The summed E-state index contributed by atoms with van der Waals surface area (Å²) >= 11 is 1.59. The molecule has 0 bridgehead atoms. The van der Waals surface area contributed by atoms with E-state index in [-0.39, 0.29) is 5.91 Å². The van der Waals surface area contributed by atoms with E-state index in [1.807, 2.05) is 42.6 Å². The van der Waals surface area contributed by atoms with Gasteiger partial charge < -0.3 is 15.1 Å². The molecule has 2 N–H and O–H groups in total. The summed E-state index contributed by atoms with van der Waals surface area (Å²) in [5.74, 6) is 0.00539. The van der Waals surface area contributed by atoms with Crippen molar-refractivity contribution in [2.45, 2.75) is 28.7 Å². The molecule has 2 aromatic heterocycles. The molecule has 7 nitrogen and oxygen atoms in total. The van der Waals surface area contributed by atoms with E-state index in [1.165, 1.54) is 5.69 Å². The number of fused-ring (bicyclic) bond motifs is 1. The smallest absolute Gasteiger partial charge is 0.252 e. The predicted molar refractivity (Wildman–Crippen MR) is 150 cm³/mol. The van der Waals surface area contributed by atoms with Crippen molar-refractivity contribution in [1.82, 2.24) is 25.4 Å². The highest BCUT2D eigenvalue weighted by atomic mass is 32.2. The molecule has 0 atom stereocenters. The molecule has 0 radical (unpaired) electrons. The summed E-state index contributed by atoms with van der Waals surface area (Å²) < 4.78 is 0. The Morgan fingerprint density at radius 1 is 1.05 bits per heavy atom. The molecule has 0 unspecified atom stereocenters. The van der Waals surface area contributed by atoms with Crippen LogP contribution in [-0.4, -0.2) is 65.3 Å². The number of amides is 1. The van der Waals surface area contributed by atoms with Crippen LogP contribution in [0.25, 0.3) is 23.1 Å². The molecule has 8 heteroatoms. The zero-order chi connectivity index (χ0) is 25.2. The third-order valence-corrected chi connectivity index (χ3v) is 7.95. The molecule has 1 saturated heterocycles. The van der Waals surface area contributed by atoms with Gasteiger partial charge in [-0.05, 0) is 74.5 Å². The highest BCUT2D eigenvalue weighted by Gasteiger charge is 2.25. The van der Waals surface area contributed by atoms with E-state index in [2.05, 4.69) is 67.7 Å². The highest BCUT2D eigenvalue weighted by molar-refractivity contribution is 7.99. The Kier molecular flexibility index (Phi) is 6.68. The number of hydrogen-bond donors (Lipinski definition) is 2. The van der Waals surface area contributed by atoms with Crippen molar-refractivity contribution in [2.24, 2.45) is 0 Å². The Bertz CT molecular complexity index is 1430. The number of nitrogens with zero attached hydrogens (tertiary/aromatic N) is 4. The fourth-order valence-electron chi connectivity index (χ4n) is 4.48. The van der Waals surface area contributed by atoms with Crippen LogP contribution in [0.3, 0.4) is 0 Å². The minimum absolute atomic E-state index is 0.00539. The standard InChI is InChI=1S/C29H30N6OS/c1-34-14-16-35(17-15-34)22-10-8-20(30-19-22)9-13-26-24-12-11-23(18-27(24)33-32-26)37-28-5-3-2-4-25(28)29(36)31-21-6-7-21/h2-5,8-13,18-19,21H,6-7,14-17H2,1H3,(H,31,36)(H,32,33)/b13-9+. The summed E-state index contributed by atoms with van der Waals surface area (Å²) in [6.45, 7) is 4.23. The minimum atomic E-state index is 0.00539. The number of nitrogens with one attached hydrogen (secondary N) is 2. The molecule has 1 amide bonds. The quantitative estimate of drug-likeness (QED) is 0.367. The van der Waals surface area contributed by atoms with E-state index in [0.717, 1.165) is 76.7 Å². The SMILES string of the molecule is CN1CCN(c2ccc(/C=C/c3n[nH]c4cc(Sc5ccccc5C(=O)NC5CC5)ccc34)nc2)CC1. The first-order valence-corrected chi connectivity index (χ1v) is 13.6. The number of carbonyl (C=O) groups is 1. The van der Waals surface area contributed by atoms with Gasteiger partial charge in [0.25, 0.3) is 5.91 Å². The number of H-pyrrole nitrogens is 1. The Hall–Kier alpha value is -3.62. The number of likely N-dealkylation sites (N-methyl/N-ethyl adjacent to an activating group) is 1. The molecule has 188 valence electrons. The first-order valence-electron chi connectivity index (χ1n) is 12.8. The number of benzene rings is 2. The van der Waals surface area contributed by atoms with Gasteiger partial charge >= 0.3 is 0 Å². The van der Waals surface area contributed by atoms with Crippen LogP contribution in [0.5, 0.6) is 0 Å². The van der Waals surface area contributed by atoms with E-state index in [1.54, 1.807) is 11.8 Å². The van der Waals surface area contributed by atoms with Gasteiger partial charge in [0, 0.05) is 47.4 Å². The Morgan fingerprint density at radius 3 is 2.68 bits per heavy atom. The van der Waals surface area contributed by atoms with Crippen LogP contribution in [0.1, 0.15) is 34.6 Å². The lowest BCUT2D eigenvalue weighted by Gasteiger charge is -2.33. The lowest BCUT2D eigenvalue weighted by molar-refractivity contribution is 0.0948. The van der Waals surface area contributed by atoms with Crippen molar-refractivity contribution >= 4 is 46.4 Å². The first-order chi connectivity index (χ1) is 18.1. The van der Waals surface area contributed by atoms with Gasteiger partial charge in [-0.25, -0.2) is 0 Å². The van der Waals surface area contributed by atoms with Crippen LogP contribution in [0.4, 0.5) is 5.69 Å². The van der Waals surface area contributed by atoms with E-state index in [4.69, 9.17) is 0 Å². The van der Waals surface area contributed by atoms with Crippen molar-refractivity contribution in [3.63, 3.8) is 0 Å². The lowest BCUT2D eigenvalue weighted by atomic mass is 10.2. The van der Waals surface area contributed by atoms with Gasteiger partial charge in [-0.1, -0.05) is 23.9 Å². The predicted octanol–water partition coefficient (Wildman–Crippen LogP) is 4.92. The van der Waals surface area contributed by atoms with E-state index in [0.29, 0.717) is 6.04 Å². The van der Waals surface area contributed by atoms with Crippen LogP contribution in [0.15, 0.2) is 70.6 Å². The number of aromatic nitrogens is 3. The minimum Gasteiger partial charge on any atom is -0.368 e. The zero-order valence-electron chi connectivity index (χ0n) is 20.9. The van der Waals surface area contributed by atoms with Crippen LogP contribution in [0.2, 0.25) is 0 Å². The topological polar surface area (TPSA) is 77.1 Å². The van der Waals surface area contributed by atoms with Crippen molar-refractivity contribution in [1.29, 1.82) is 0 Å². The molecule has 3 heterocycles. The Labute approximate surface area is 221 Å². The second kappa shape index (κ2) is 10.4. The van der Waals surface area contributed by atoms with Gasteiger partial charge in [-0.2, -0.15) is 5.10 Å². The molecule has 2 fully saturated rings. The molecular weight excluding hydrogens is 480 g/mol. The molecular formula is C29H30N6OS. The number of carbonyl (C=O) groups excluding carboxylic acids is 1. The second-order valence-electron chi connectivity index (χ2n) is 9.73. The van der Waals surface area contributed by atoms with Gasteiger partial charge in [0.1, 0.15) is 0 Å². The first kappa shape index (κ1) is 23.8. The maximum Gasteiger partial charge on any atom is 0.252 e. The maximum absolute atomic E-state index is 12.7. The van der Waals surface area contributed by atoms with Crippen molar-refractivity contribution in [3.8, 4) is 0 Å². The molecule has 6 rings (SSSR count). The molecule has 0 spiro atoms. The number of rotatable bonds is 7. The number of piperazine rings is 1. The molecule has 4 aromatic rings. The van der Waals surface area contributed by atoms with Gasteiger partial charge in [0.15, 0.2) is 0 Å². The van der Waals surface area contributed by atoms with Gasteiger partial charge in [0.2, 0.25) is 0 Å². The summed E-state index contributed by atoms with van der Waals surface area (Å²) in [5.41, 5.74) is 4.64. The normalized spacial score (nSPS) is 16.5. The molecule has 2 aliphatic rings. The highest BCUT2D eigenvalue weighted by Crippen LogP contribution is 2.33. The summed E-state index contributed by atoms with van der Waals surface area (Å²) in [6, 6.07) is 18.6. The summed E-state index contributed by atoms with van der Waals surface area (Å²) in [6.07, 6.45) is 8.11. The molecule has 1 aliphatic carbocycles. The Balaban J connectivity index is 1.15. The lowest BCUT2D eigenvalue weighted by Crippen LogP contribution is -2.44. The largest absolute Gasteiger partial charge is 0.368 e. The van der Waals surface area contributed by atoms with E-state index in [9.17, 15) is 4.79 Å². The zero-order valence-corrected chi connectivity index (χ0v) is 21.7. The molecule has 2 aromatic carbocycles. The molecule has 37 heavy (non-hydrogen) atoms. The second-order valence-corrected chi connectivity index (χ2v) is 10.8. The van der Waals surface area contributed by atoms with Crippen molar-refractivity contribution in [2.75, 3.05) is 38.1 Å². The maximum atomic E-state index is 12.7. The fraction of sp³-hybridized carbons (Fsp3) is 0.276. The van der Waals surface area contributed by atoms with Gasteiger partial charge in [-0.15, -0.1) is 0 Å². The molecule has 1 aliphatic heterocycles. The molecule has 1 saturated carbocycles. The summed E-state index contributed by atoms with van der Waals surface area (Å²) in [7, 11) is 2.16. The van der Waals surface area contributed by atoms with E-state index < -0.39 is 0 Å². The van der Waals surface area contributed by atoms with Crippen molar-refractivity contribution in [3.05, 3.63) is 77.7 Å².